The molecule has 0 aliphatic rings. The Kier molecular flexibility index (Phi) is 6.61. The van der Waals surface area contributed by atoms with Crippen molar-refractivity contribution in [3.63, 3.8) is 0 Å². The average Bonchev–Trinajstić information content (AvgIpc) is 3.89. The van der Waals surface area contributed by atoms with Crippen LogP contribution in [0.4, 0.5) is 0 Å². The largest absolute Gasteiger partial charge is 0.309 e. The Hall–Kier alpha value is -7.86. The second-order valence-corrected chi connectivity index (χ2v) is 13.9. The zero-order chi connectivity index (χ0) is 36.6. The maximum Gasteiger partial charge on any atom is 0.101 e. The number of nitrogens with zero attached hydrogens (tertiary/aromatic N) is 5. The number of nitriles is 2. The van der Waals surface area contributed by atoms with E-state index in [4.69, 9.17) is 0 Å². The van der Waals surface area contributed by atoms with Crippen molar-refractivity contribution in [3.8, 4) is 40.3 Å². The van der Waals surface area contributed by atoms with Gasteiger partial charge in [0.15, 0.2) is 0 Å². The third kappa shape index (κ3) is 4.39. The molecule has 0 N–H and O–H groups in total. The second kappa shape index (κ2) is 11.8. The molecule has 5 nitrogen and oxygen atoms in total. The first-order valence-corrected chi connectivity index (χ1v) is 18.3. The van der Waals surface area contributed by atoms with Gasteiger partial charge in [-0.05, 0) is 78.4 Å². The summed E-state index contributed by atoms with van der Waals surface area (Å²) in [5.41, 5.74) is 12.3. The molecular weight excluding hydrogens is 671 g/mol. The molecule has 11 aromatic rings. The van der Waals surface area contributed by atoms with Crippen LogP contribution in [0.5, 0.6) is 0 Å². The van der Waals surface area contributed by atoms with E-state index in [1.165, 1.54) is 32.6 Å². The number of fused-ring (bicyclic) bond motifs is 9. The van der Waals surface area contributed by atoms with E-state index >= 15 is 0 Å². The van der Waals surface area contributed by atoms with E-state index in [0.29, 0.717) is 11.1 Å². The van der Waals surface area contributed by atoms with Crippen LogP contribution in [0.2, 0.25) is 0 Å². The van der Waals surface area contributed by atoms with Gasteiger partial charge in [-0.15, -0.1) is 0 Å². The van der Waals surface area contributed by atoms with Crippen molar-refractivity contribution in [1.29, 1.82) is 10.5 Å². The first-order valence-electron chi connectivity index (χ1n) is 18.3. The van der Waals surface area contributed by atoms with Crippen LogP contribution in [0.15, 0.2) is 176 Å². The summed E-state index contributed by atoms with van der Waals surface area (Å²) in [5, 5.41) is 27.6. The summed E-state index contributed by atoms with van der Waals surface area (Å²) in [7, 11) is 0. The first kappa shape index (κ1) is 30.7. The van der Waals surface area contributed by atoms with Crippen molar-refractivity contribution in [2.24, 2.45) is 0 Å². The van der Waals surface area contributed by atoms with Crippen molar-refractivity contribution < 1.29 is 0 Å². The van der Waals surface area contributed by atoms with E-state index in [0.717, 1.165) is 61.0 Å². The summed E-state index contributed by atoms with van der Waals surface area (Å²) in [5.74, 6) is 0. The van der Waals surface area contributed by atoms with Gasteiger partial charge in [0.25, 0.3) is 0 Å². The lowest BCUT2D eigenvalue weighted by Gasteiger charge is -2.16. The maximum absolute atomic E-state index is 10.5. The monoisotopic (exact) mass is 699 g/mol. The van der Waals surface area contributed by atoms with E-state index in [1.807, 2.05) is 42.5 Å². The van der Waals surface area contributed by atoms with Crippen LogP contribution in [-0.2, 0) is 0 Å². The average molecular weight is 700 g/mol. The SMILES string of the molecule is N#Cc1cccc(-n2c3ccccc3c3cccc(C#N)c32)c1-c1ccc(-n2c3ccccc3c3cc(-n4c5ccccc5c5ccccc54)ccc32)cc1. The third-order valence-electron chi connectivity index (χ3n) is 11.1. The molecule has 3 aromatic heterocycles. The Bertz CT molecular complexity index is 3400. The van der Waals surface area contributed by atoms with Gasteiger partial charge in [-0.3, -0.25) is 0 Å². The van der Waals surface area contributed by atoms with Gasteiger partial charge in [0.05, 0.1) is 56.0 Å². The van der Waals surface area contributed by atoms with Crippen LogP contribution in [0.25, 0.3) is 93.6 Å². The minimum absolute atomic E-state index is 0.570. The van der Waals surface area contributed by atoms with E-state index in [-0.39, 0.29) is 0 Å². The summed E-state index contributed by atoms with van der Waals surface area (Å²) in [6.45, 7) is 0. The van der Waals surface area contributed by atoms with Crippen molar-refractivity contribution >= 4 is 65.4 Å². The summed E-state index contributed by atoms with van der Waals surface area (Å²) in [6.07, 6.45) is 0. The molecule has 0 aliphatic carbocycles. The number of benzene rings is 8. The van der Waals surface area contributed by atoms with Crippen LogP contribution in [0.3, 0.4) is 0 Å². The van der Waals surface area contributed by atoms with Crippen LogP contribution >= 0.6 is 0 Å². The zero-order valence-electron chi connectivity index (χ0n) is 29.5. The molecule has 254 valence electrons. The zero-order valence-corrected chi connectivity index (χ0v) is 29.5. The second-order valence-electron chi connectivity index (χ2n) is 13.9. The Morgan fingerprint density at radius 3 is 1.42 bits per heavy atom. The number of hydrogen-bond acceptors (Lipinski definition) is 2. The Morgan fingerprint density at radius 1 is 0.345 bits per heavy atom. The topological polar surface area (TPSA) is 62.4 Å². The van der Waals surface area contributed by atoms with Crippen LogP contribution in [0.1, 0.15) is 11.1 Å². The van der Waals surface area contributed by atoms with E-state index in [9.17, 15) is 10.5 Å². The van der Waals surface area contributed by atoms with Crippen molar-refractivity contribution in [2.75, 3.05) is 0 Å². The Morgan fingerprint density at radius 2 is 0.800 bits per heavy atom. The van der Waals surface area contributed by atoms with Crippen LogP contribution in [-0.4, -0.2) is 13.7 Å². The Balaban J connectivity index is 1.09. The van der Waals surface area contributed by atoms with Gasteiger partial charge in [0, 0.05) is 49.3 Å². The molecule has 0 atom stereocenters. The van der Waals surface area contributed by atoms with Crippen molar-refractivity contribution in [3.05, 3.63) is 187 Å². The highest BCUT2D eigenvalue weighted by molar-refractivity contribution is 6.13. The lowest BCUT2D eigenvalue weighted by molar-refractivity contribution is 1.16. The molecule has 55 heavy (non-hydrogen) atoms. The summed E-state index contributed by atoms with van der Waals surface area (Å²) >= 11 is 0. The molecular formula is C50H29N5. The predicted molar refractivity (Wildman–Crippen MR) is 224 cm³/mol. The fourth-order valence-electron chi connectivity index (χ4n) is 8.84. The number of aromatic nitrogens is 3. The van der Waals surface area contributed by atoms with Crippen molar-refractivity contribution in [2.45, 2.75) is 0 Å². The molecule has 0 amide bonds. The third-order valence-corrected chi connectivity index (χ3v) is 11.1. The maximum atomic E-state index is 10.5. The number of para-hydroxylation sites is 5. The minimum Gasteiger partial charge on any atom is -0.309 e. The standard InChI is InChI=1S/C50H29N5/c51-30-33-11-10-22-48(55-46-21-8-3-15-39(46)41-17-9-12-34(31-52)50(41)55)49(33)32-23-25-35(26-24-32)53-45-20-7-4-16-40(45)42-29-36(27-28-47(42)53)54-43-18-5-1-13-37(43)38-14-2-6-19-44(38)54/h1-29H. The van der Waals surface area contributed by atoms with Gasteiger partial charge < -0.3 is 13.7 Å². The smallest absolute Gasteiger partial charge is 0.101 e. The van der Waals surface area contributed by atoms with Gasteiger partial charge in [-0.1, -0.05) is 103 Å². The molecule has 8 aromatic carbocycles. The molecule has 0 saturated heterocycles. The van der Waals surface area contributed by atoms with Gasteiger partial charge in [0.1, 0.15) is 6.07 Å². The molecule has 11 rings (SSSR count). The van der Waals surface area contributed by atoms with E-state index < -0.39 is 0 Å². The number of hydrogen-bond donors (Lipinski definition) is 0. The van der Waals surface area contributed by atoms with Gasteiger partial charge in [-0.25, -0.2) is 0 Å². The highest BCUT2D eigenvalue weighted by Crippen LogP contribution is 2.40. The lowest BCUT2D eigenvalue weighted by atomic mass is 9.97. The summed E-state index contributed by atoms with van der Waals surface area (Å²) in [4.78, 5) is 0. The normalized spacial score (nSPS) is 11.6. The molecule has 0 bridgehead atoms. The molecule has 0 aliphatic heterocycles. The molecule has 0 radical (unpaired) electrons. The minimum atomic E-state index is 0.570. The molecule has 0 fully saturated rings. The van der Waals surface area contributed by atoms with Crippen LogP contribution < -0.4 is 0 Å². The number of rotatable bonds is 4. The fraction of sp³-hybridized carbons (Fsp3) is 0. The highest BCUT2D eigenvalue weighted by Gasteiger charge is 2.21. The summed E-state index contributed by atoms with van der Waals surface area (Å²) in [6, 6.07) is 65.9. The molecule has 3 heterocycles. The van der Waals surface area contributed by atoms with Gasteiger partial charge in [0.2, 0.25) is 0 Å². The van der Waals surface area contributed by atoms with E-state index in [2.05, 4.69) is 159 Å². The first-order chi connectivity index (χ1) is 27.2. The van der Waals surface area contributed by atoms with Crippen LogP contribution in [0, 0.1) is 22.7 Å². The molecule has 0 saturated carbocycles. The molecule has 0 unspecified atom stereocenters. The van der Waals surface area contributed by atoms with Crippen molar-refractivity contribution in [1.82, 2.24) is 13.7 Å². The lowest BCUT2D eigenvalue weighted by Crippen LogP contribution is -2.01. The van der Waals surface area contributed by atoms with Gasteiger partial charge >= 0.3 is 0 Å². The highest BCUT2D eigenvalue weighted by atomic mass is 15.0. The molecule has 5 heteroatoms. The quantitative estimate of drug-likeness (QED) is 0.184. The summed E-state index contributed by atoms with van der Waals surface area (Å²) < 4.78 is 6.84. The predicted octanol–water partition coefficient (Wildman–Crippen LogP) is 12.4. The molecule has 0 spiro atoms. The van der Waals surface area contributed by atoms with E-state index in [1.54, 1.807) is 0 Å². The Labute approximate surface area is 316 Å². The fourth-order valence-corrected chi connectivity index (χ4v) is 8.84. The van der Waals surface area contributed by atoms with Gasteiger partial charge in [-0.2, -0.15) is 10.5 Å².